The minimum atomic E-state index is -0.352. The van der Waals surface area contributed by atoms with E-state index in [9.17, 15) is 9.18 Å². The molecule has 110 valence electrons. The van der Waals surface area contributed by atoms with Crippen molar-refractivity contribution >= 4 is 17.7 Å². The quantitative estimate of drug-likeness (QED) is 0.828. The number of rotatable bonds is 4. The highest BCUT2D eigenvalue weighted by Crippen LogP contribution is 2.21. The number of carbonyl (C=O) groups excluding carboxylic acids is 1. The molecule has 4 nitrogen and oxygen atoms in total. The first-order valence-electron chi connectivity index (χ1n) is 6.57. The van der Waals surface area contributed by atoms with Crippen molar-refractivity contribution in [1.29, 1.82) is 0 Å². The Hall–Kier alpha value is -1.11. The second-order valence-electron chi connectivity index (χ2n) is 4.68. The van der Waals surface area contributed by atoms with Gasteiger partial charge in [0.1, 0.15) is 11.9 Å². The van der Waals surface area contributed by atoms with Gasteiger partial charge in [0.25, 0.3) is 0 Å². The van der Waals surface area contributed by atoms with E-state index in [1.54, 1.807) is 6.07 Å². The van der Waals surface area contributed by atoms with E-state index < -0.39 is 0 Å². The minimum Gasteiger partial charge on any atom is -0.375 e. The lowest BCUT2D eigenvalue weighted by Gasteiger charge is -2.29. The Morgan fingerprint density at radius 2 is 2.40 bits per heavy atom. The van der Waals surface area contributed by atoms with Gasteiger partial charge in [-0.15, -0.1) is 11.8 Å². The number of hydrogen-bond donors (Lipinski definition) is 2. The van der Waals surface area contributed by atoms with Gasteiger partial charge in [-0.05, 0) is 36.9 Å². The van der Waals surface area contributed by atoms with Crippen LogP contribution in [0.15, 0.2) is 23.1 Å². The normalized spacial score (nSPS) is 22.6. The Morgan fingerprint density at radius 1 is 1.60 bits per heavy atom. The maximum Gasteiger partial charge on any atom is 0.240 e. The van der Waals surface area contributed by atoms with Crippen LogP contribution >= 0.6 is 11.8 Å². The summed E-state index contributed by atoms with van der Waals surface area (Å²) in [5.41, 5.74) is 0.787. The summed E-state index contributed by atoms with van der Waals surface area (Å²) in [7, 11) is 0. The molecule has 1 aromatic rings. The zero-order valence-electron chi connectivity index (χ0n) is 11.6. The maximum absolute atomic E-state index is 13.3. The van der Waals surface area contributed by atoms with Gasteiger partial charge in [-0.1, -0.05) is 0 Å². The lowest BCUT2D eigenvalue weighted by Crippen LogP contribution is -2.55. The summed E-state index contributed by atoms with van der Waals surface area (Å²) in [6.07, 6.45) is 1.77. The summed E-state index contributed by atoms with van der Waals surface area (Å²) in [6.45, 7) is 3.47. The number of amides is 1. The first kappa shape index (κ1) is 15.3. The van der Waals surface area contributed by atoms with Crippen LogP contribution in [0.2, 0.25) is 0 Å². The molecule has 0 aromatic heterocycles. The van der Waals surface area contributed by atoms with Gasteiger partial charge < -0.3 is 15.4 Å². The molecular formula is C14H19FN2O2S. The Kier molecular flexibility index (Phi) is 5.39. The van der Waals surface area contributed by atoms with Crippen LogP contribution in [-0.2, 0) is 16.1 Å². The van der Waals surface area contributed by atoms with Crippen LogP contribution in [-0.4, -0.2) is 37.5 Å². The molecule has 0 spiro atoms. The van der Waals surface area contributed by atoms with E-state index in [0.717, 1.165) is 10.5 Å². The van der Waals surface area contributed by atoms with E-state index in [2.05, 4.69) is 10.6 Å². The monoisotopic (exact) mass is 298 g/mol. The van der Waals surface area contributed by atoms with E-state index in [-0.39, 0.29) is 23.9 Å². The number of morpholine rings is 1. The van der Waals surface area contributed by atoms with E-state index in [0.29, 0.717) is 19.7 Å². The average Bonchev–Trinajstić information content (AvgIpc) is 2.45. The smallest absolute Gasteiger partial charge is 0.240 e. The summed E-state index contributed by atoms with van der Waals surface area (Å²) in [4.78, 5) is 13.1. The molecule has 0 saturated carbocycles. The minimum absolute atomic E-state index is 0.117. The predicted molar refractivity (Wildman–Crippen MR) is 77.2 cm³/mol. The topological polar surface area (TPSA) is 50.4 Å². The number of halogens is 1. The van der Waals surface area contributed by atoms with Gasteiger partial charge in [0.15, 0.2) is 0 Å². The zero-order chi connectivity index (χ0) is 14.5. The van der Waals surface area contributed by atoms with E-state index >= 15 is 0 Å². The molecule has 20 heavy (non-hydrogen) atoms. The SMILES string of the molecule is CSc1ccc(F)cc1CNC(=O)[C@H]1NCCO[C@@H]1C. The maximum atomic E-state index is 13.3. The van der Waals surface area contributed by atoms with Crippen LogP contribution in [0.1, 0.15) is 12.5 Å². The third-order valence-corrected chi connectivity index (χ3v) is 4.13. The molecule has 0 bridgehead atoms. The van der Waals surface area contributed by atoms with Gasteiger partial charge in [0.2, 0.25) is 5.91 Å². The highest BCUT2D eigenvalue weighted by molar-refractivity contribution is 7.98. The highest BCUT2D eigenvalue weighted by Gasteiger charge is 2.28. The number of carbonyl (C=O) groups is 1. The molecule has 1 saturated heterocycles. The average molecular weight is 298 g/mol. The van der Waals surface area contributed by atoms with E-state index in [1.807, 2.05) is 13.2 Å². The fourth-order valence-electron chi connectivity index (χ4n) is 2.20. The molecular weight excluding hydrogens is 279 g/mol. The van der Waals surface area contributed by atoms with Crippen LogP contribution in [0, 0.1) is 5.82 Å². The van der Waals surface area contributed by atoms with Crippen molar-refractivity contribution in [2.24, 2.45) is 0 Å². The van der Waals surface area contributed by atoms with Crippen LogP contribution in [0.3, 0.4) is 0 Å². The van der Waals surface area contributed by atoms with Crippen LogP contribution in [0.4, 0.5) is 4.39 Å². The summed E-state index contributed by atoms with van der Waals surface area (Å²) in [5, 5.41) is 5.97. The number of hydrogen-bond acceptors (Lipinski definition) is 4. The summed E-state index contributed by atoms with van der Waals surface area (Å²) in [6, 6.07) is 4.26. The van der Waals surface area contributed by atoms with E-state index in [4.69, 9.17) is 4.74 Å². The lowest BCUT2D eigenvalue weighted by atomic mass is 10.1. The van der Waals surface area contributed by atoms with Crippen LogP contribution < -0.4 is 10.6 Å². The number of thioether (sulfide) groups is 1. The standard InChI is InChI=1S/C14H19FN2O2S/c1-9-13(16-5-6-19-9)14(18)17-8-10-7-11(15)3-4-12(10)20-2/h3-4,7,9,13,16H,5-6,8H2,1-2H3,(H,17,18)/t9-,13+/m1/s1. The summed E-state index contributed by atoms with van der Waals surface area (Å²) >= 11 is 1.53. The number of ether oxygens (including phenoxy) is 1. The molecule has 2 rings (SSSR count). The van der Waals surface area contributed by atoms with Crippen LogP contribution in [0.5, 0.6) is 0 Å². The first-order chi connectivity index (χ1) is 9.61. The fraction of sp³-hybridized carbons (Fsp3) is 0.500. The molecule has 1 heterocycles. The Morgan fingerprint density at radius 3 is 3.10 bits per heavy atom. The molecule has 6 heteroatoms. The molecule has 1 aliphatic rings. The van der Waals surface area contributed by atoms with Crippen molar-refractivity contribution in [2.75, 3.05) is 19.4 Å². The van der Waals surface area contributed by atoms with Crippen LogP contribution in [0.25, 0.3) is 0 Å². The fourth-order valence-corrected chi connectivity index (χ4v) is 2.80. The third kappa shape index (κ3) is 3.71. The van der Waals surface area contributed by atoms with Gasteiger partial charge in [0, 0.05) is 18.0 Å². The number of nitrogens with one attached hydrogen (secondary N) is 2. The van der Waals surface area contributed by atoms with Gasteiger partial charge in [0.05, 0.1) is 12.7 Å². The van der Waals surface area contributed by atoms with Crippen molar-refractivity contribution in [2.45, 2.75) is 30.5 Å². The van der Waals surface area contributed by atoms with Gasteiger partial charge in [-0.2, -0.15) is 0 Å². The van der Waals surface area contributed by atoms with Gasteiger partial charge in [-0.3, -0.25) is 4.79 Å². The molecule has 2 atom stereocenters. The molecule has 1 aromatic carbocycles. The van der Waals surface area contributed by atoms with Crippen molar-refractivity contribution in [1.82, 2.24) is 10.6 Å². The molecule has 1 fully saturated rings. The van der Waals surface area contributed by atoms with Crippen molar-refractivity contribution in [3.8, 4) is 0 Å². The largest absolute Gasteiger partial charge is 0.375 e. The molecule has 1 amide bonds. The van der Waals surface area contributed by atoms with Crippen molar-refractivity contribution < 1.29 is 13.9 Å². The number of benzene rings is 1. The predicted octanol–water partition coefficient (Wildman–Crippen LogP) is 1.54. The molecule has 0 aliphatic carbocycles. The third-order valence-electron chi connectivity index (χ3n) is 3.29. The van der Waals surface area contributed by atoms with Crippen molar-refractivity contribution in [3.05, 3.63) is 29.6 Å². The summed E-state index contributed by atoms with van der Waals surface area (Å²) < 4.78 is 18.7. The first-order valence-corrected chi connectivity index (χ1v) is 7.79. The second-order valence-corrected chi connectivity index (χ2v) is 5.53. The summed E-state index contributed by atoms with van der Waals surface area (Å²) in [5.74, 6) is -0.409. The molecule has 0 unspecified atom stereocenters. The lowest BCUT2D eigenvalue weighted by molar-refractivity contribution is -0.129. The van der Waals surface area contributed by atoms with E-state index in [1.165, 1.54) is 23.9 Å². The molecule has 0 radical (unpaired) electrons. The van der Waals surface area contributed by atoms with Gasteiger partial charge in [-0.25, -0.2) is 4.39 Å². The molecule has 2 N–H and O–H groups in total. The zero-order valence-corrected chi connectivity index (χ0v) is 12.4. The Labute approximate surface area is 122 Å². The molecule has 1 aliphatic heterocycles. The highest BCUT2D eigenvalue weighted by atomic mass is 32.2. The van der Waals surface area contributed by atoms with Gasteiger partial charge >= 0.3 is 0 Å². The van der Waals surface area contributed by atoms with Crippen molar-refractivity contribution in [3.63, 3.8) is 0 Å². The second kappa shape index (κ2) is 7.06. The Bertz CT molecular complexity index is 484. The Balaban J connectivity index is 1.97.